The van der Waals surface area contributed by atoms with Crippen LogP contribution in [0.25, 0.3) is 0 Å². The molecule has 0 fully saturated rings. The zero-order chi connectivity index (χ0) is 7.82. The van der Waals surface area contributed by atoms with Gasteiger partial charge in [0.1, 0.15) is 6.10 Å². The molecule has 2 N–H and O–H groups in total. The van der Waals surface area contributed by atoms with E-state index in [0.29, 0.717) is 6.41 Å². The van der Waals surface area contributed by atoms with Crippen LogP contribution in [-0.2, 0) is 9.63 Å². The first-order valence-corrected chi connectivity index (χ1v) is 2.86. The molecule has 0 aliphatic rings. The van der Waals surface area contributed by atoms with E-state index in [1.165, 1.54) is 6.21 Å². The average Bonchev–Trinajstić information content (AvgIpc) is 1.89. The van der Waals surface area contributed by atoms with Crippen LogP contribution in [0.2, 0.25) is 0 Å². The number of hydroxylamine groups is 1. The lowest BCUT2D eigenvalue weighted by Gasteiger charge is -2.03. The van der Waals surface area contributed by atoms with Gasteiger partial charge in [-0.2, -0.15) is 5.10 Å². The van der Waals surface area contributed by atoms with Gasteiger partial charge in [-0.1, -0.05) is 0 Å². The molecule has 0 radical (unpaired) electrons. The second-order valence-electron chi connectivity index (χ2n) is 1.55. The van der Waals surface area contributed by atoms with Gasteiger partial charge in [-0.15, -0.1) is 0 Å². The molecule has 1 amide bonds. The quantitative estimate of drug-likeness (QED) is 0.304. The van der Waals surface area contributed by atoms with Crippen molar-refractivity contribution in [3.63, 3.8) is 0 Å². The Bertz CT molecular complexity index is 115. The topological polar surface area (TPSA) is 62.7 Å². The maximum absolute atomic E-state index is 9.66. The molecule has 0 bridgehead atoms. The average molecular weight is 145 g/mol. The van der Waals surface area contributed by atoms with Crippen molar-refractivity contribution in [2.75, 3.05) is 7.05 Å². The van der Waals surface area contributed by atoms with Crippen LogP contribution in [-0.4, -0.2) is 25.8 Å². The molecule has 0 aliphatic carbocycles. The van der Waals surface area contributed by atoms with Gasteiger partial charge in [-0.25, -0.2) is 10.9 Å². The summed E-state index contributed by atoms with van der Waals surface area (Å²) >= 11 is 0. The van der Waals surface area contributed by atoms with E-state index in [1.54, 1.807) is 14.0 Å². The Hall–Kier alpha value is -0.940. The van der Waals surface area contributed by atoms with E-state index in [9.17, 15) is 4.79 Å². The fourth-order valence-corrected chi connectivity index (χ4v) is 0.395. The predicted octanol–water partition coefficient (Wildman–Crippen LogP) is -0.742. The van der Waals surface area contributed by atoms with E-state index in [2.05, 4.69) is 16.0 Å². The third-order valence-electron chi connectivity index (χ3n) is 0.715. The number of nitrogens with one attached hydrogen (secondary N) is 2. The summed E-state index contributed by atoms with van der Waals surface area (Å²) in [7, 11) is 1.65. The number of hydrogen-bond acceptors (Lipinski definition) is 4. The van der Waals surface area contributed by atoms with E-state index >= 15 is 0 Å². The Labute approximate surface area is 59.4 Å². The van der Waals surface area contributed by atoms with Gasteiger partial charge in [-0.3, -0.25) is 9.63 Å². The van der Waals surface area contributed by atoms with Crippen LogP contribution in [0.3, 0.4) is 0 Å². The van der Waals surface area contributed by atoms with Gasteiger partial charge in [0.2, 0.25) is 6.41 Å². The zero-order valence-electron chi connectivity index (χ0n) is 6.00. The normalized spacial score (nSPS) is 13.4. The Balaban J connectivity index is 3.34. The van der Waals surface area contributed by atoms with Crippen molar-refractivity contribution >= 4 is 12.6 Å². The number of nitrogens with zero attached hydrogens (tertiary/aromatic N) is 1. The van der Waals surface area contributed by atoms with Crippen molar-refractivity contribution in [2.45, 2.75) is 13.0 Å². The first kappa shape index (κ1) is 9.06. The summed E-state index contributed by atoms with van der Waals surface area (Å²) in [5.41, 5.74) is 4.61. The zero-order valence-corrected chi connectivity index (χ0v) is 6.00. The molecule has 5 nitrogen and oxygen atoms in total. The SMILES string of the molecule is CNOC(C)/C=N\NC=O. The monoisotopic (exact) mass is 145 g/mol. The van der Waals surface area contributed by atoms with E-state index < -0.39 is 0 Å². The van der Waals surface area contributed by atoms with Crippen molar-refractivity contribution < 1.29 is 9.63 Å². The third kappa shape index (κ3) is 5.20. The van der Waals surface area contributed by atoms with Gasteiger partial charge in [-0.05, 0) is 6.92 Å². The van der Waals surface area contributed by atoms with E-state index in [1.807, 2.05) is 0 Å². The summed E-state index contributed by atoms with van der Waals surface area (Å²) in [4.78, 5) is 14.5. The number of carbonyl (C=O) groups excluding carboxylic acids is 1. The highest BCUT2D eigenvalue weighted by molar-refractivity contribution is 5.63. The number of rotatable bonds is 5. The molecular weight excluding hydrogens is 134 g/mol. The van der Waals surface area contributed by atoms with Gasteiger partial charge in [0.25, 0.3) is 0 Å². The smallest absolute Gasteiger partial charge is 0.227 e. The summed E-state index contributed by atoms with van der Waals surface area (Å²) in [5, 5.41) is 3.50. The van der Waals surface area contributed by atoms with Crippen LogP contribution in [0.5, 0.6) is 0 Å². The van der Waals surface area contributed by atoms with Crippen LogP contribution >= 0.6 is 0 Å². The Morgan fingerprint density at radius 1 is 1.70 bits per heavy atom. The number of hydrazone groups is 1. The number of carbonyl (C=O) groups is 1. The van der Waals surface area contributed by atoms with Gasteiger partial charge in [0, 0.05) is 7.05 Å². The Kier molecular flexibility index (Phi) is 5.60. The molecule has 0 aromatic heterocycles. The van der Waals surface area contributed by atoms with Crippen molar-refractivity contribution in [2.24, 2.45) is 5.10 Å². The largest absolute Gasteiger partial charge is 0.293 e. The number of amides is 1. The molecule has 0 heterocycles. The lowest BCUT2D eigenvalue weighted by atomic mass is 10.5. The van der Waals surface area contributed by atoms with Crippen LogP contribution in [0.4, 0.5) is 0 Å². The minimum Gasteiger partial charge on any atom is -0.293 e. The summed E-state index contributed by atoms with van der Waals surface area (Å²) in [5.74, 6) is 0. The summed E-state index contributed by atoms with van der Waals surface area (Å²) in [6.45, 7) is 1.78. The van der Waals surface area contributed by atoms with Gasteiger partial charge < -0.3 is 0 Å². The van der Waals surface area contributed by atoms with E-state index in [-0.39, 0.29) is 6.10 Å². The second-order valence-corrected chi connectivity index (χ2v) is 1.55. The first-order chi connectivity index (χ1) is 4.81. The lowest BCUT2D eigenvalue weighted by molar-refractivity contribution is -0.109. The highest BCUT2D eigenvalue weighted by Gasteiger charge is 1.92. The highest BCUT2D eigenvalue weighted by atomic mass is 16.7. The molecule has 0 saturated heterocycles. The summed E-state index contributed by atoms with van der Waals surface area (Å²) in [6.07, 6.45) is 1.80. The molecule has 0 aromatic rings. The molecule has 58 valence electrons. The molecule has 0 aliphatic heterocycles. The Morgan fingerprint density at radius 2 is 2.40 bits per heavy atom. The molecule has 0 rings (SSSR count). The summed E-state index contributed by atoms with van der Waals surface area (Å²) in [6, 6.07) is 0. The third-order valence-corrected chi connectivity index (χ3v) is 0.715. The van der Waals surface area contributed by atoms with Crippen LogP contribution in [0.1, 0.15) is 6.92 Å². The molecule has 5 heteroatoms. The first-order valence-electron chi connectivity index (χ1n) is 2.86. The molecule has 1 unspecified atom stereocenters. The van der Waals surface area contributed by atoms with Crippen molar-refractivity contribution in [1.29, 1.82) is 0 Å². The van der Waals surface area contributed by atoms with Crippen LogP contribution in [0.15, 0.2) is 5.10 Å². The van der Waals surface area contributed by atoms with Crippen LogP contribution < -0.4 is 10.9 Å². The molecule has 0 saturated carbocycles. The molecule has 10 heavy (non-hydrogen) atoms. The fourth-order valence-electron chi connectivity index (χ4n) is 0.395. The van der Waals surface area contributed by atoms with Crippen molar-refractivity contribution in [3.05, 3.63) is 0 Å². The molecular formula is C5H11N3O2. The van der Waals surface area contributed by atoms with Crippen molar-refractivity contribution in [3.8, 4) is 0 Å². The maximum atomic E-state index is 9.66. The van der Waals surface area contributed by atoms with E-state index in [4.69, 9.17) is 4.84 Å². The van der Waals surface area contributed by atoms with E-state index in [0.717, 1.165) is 0 Å². The molecule has 0 aromatic carbocycles. The minimum absolute atomic E-state index is 0.155. The second kappa shape index (κ2) is 6.18. The summed E-state index contributed by atoms with van der Waals surface area (Å²) < 4.78 is 0. The lowest BCUT2D eigenvalue weighted by Crippen LogP contribution is -2.19. The maximum Gasteiger partial charge on any atom is 0.227 e. The predicted molar refractivity (Wildman–Crippen MR) is 37.3 cm³/mol. The van der Waals surface area contributed by atoms with Gasteiger partial charge >= 0.3 is 0 Å². The molecule has 1 atom stereocenters. The Morgan fingerprint density at radius 3 is 2.90 bits per heavy atom. The highest BCUT2D eigenvalue weighted by Crippen LogP contribution is 1.78. The van der Waals surface area contributed by atoms with Gasteiger partial charge in [0.05, 0.1) is 6.21 Å². The van der Waals surface area contributed by atoms with Crippen molar-refractivity contribution in [1.82, 2.24) is 10.9 Å². The van der Waals surface area contributed by atoms with Gasteiger partial charge in [0.15, 0.2) is 0 Å². The van der Waals surface area contributed by atoms with Crippen LogP contribution in [0, 0.1) is 0 Å². The number of hydrogen-bond donors (Lipinski definition) is 2. The minimum atomic E-state index is -0.155. The fraction of sp³-hybridized carbons (Fsp3) is 0.600. The standard InChI is InChI=1S/C5H11N3O2/c1-5(10-6-2)3-7-8-4-9/h3-6H,1-2H3,(H,8,9)/b7-3-. The molecule has 0 spiro atoms.